The van der Waals surface area contributed by atoms with Crippen LogP contribution in [0.15, 0.2) is 78.9 Å². The molecule has 0 spiro atoms. The van der Waals surface area contributed by atoms with E-state index in [9.17, 15) is 18.0 Å². The molecule has 3 aromatic carbocycles. The molecule has 1 aliphatic carbocycles. The second-order valence-electron chi connectivity index (χ2n) is 9.58. The van der Waals surface area contributed by atoms with Crippen molar-refractivity contribution in [3.05, 3.63) is 112 Å². The Morgan fingerprint density at radius 2 is 1.82 bits per heavy atom. The number of hydrogen-bond donors (Lipinski definition) is 3. The monoisotopic (exact) mass is 553 g/mol. The van der Waals surface area contributed by atoms with Crippen molar-refractivity contribution in [2.75, 3.05) is 11.9 Å². The van der Waals surface area contributed by atoms with Crippen molar-refractivity contribution in [1.29, 1.82) is 0 Å². The largest absolute Gasteiger partial charge is 0.435 e. The van der Waals surface area contributed by atoms with Gasteiger partial charge in [-0.3, -0.25) is 4.79 Å². The number of benzene rings is 3. The lowest BCUT2D eigenvalue weighted by Gasteiger charge is -2.22. The normalized spacial score (nSPS) is 14.3. The standard InChI is InChI=1S/C29H27ClF3N5O/c30-24-10-2-1-9-23(24)27(35-17-18-11-12-18)20-6-4-7-21(14-20)36-28(39)25-15-26(29(31,32)33)37-38(25)22-8-3-5-19(13-22)16-34/h1-10,13-15,18,27,35H,11-12,16-17,34H2,(H,36,39). The maximum Gasteiger partial charge on any atom is 0.435 e. The summed E-state index contributed by atoms with van der Waals surface area (Å²) in [6.45, 7) is 1.02. The summed E-state index contributed by atoms with van der Waals surface area (Å²) in [7, 11) is 0. The van der Waals surface area contributed by atoms with Crippen molar-refractivity contribution in [3.63, 3.8) is 0 Å². The van der Waals surface area contributed by atoms with Crippen LogP contribution in [-0.4, -0.2) is 22.2 Å². The van der Waals surface area contributed by atoms with Crippen molar-refractivity contribution in [2.24, 2.45) is 11.7 Å². The molecule has 1 aliphatic rings. The first-order chi connectivity index (χ1) is 18.7. The molecule has 1 unspecified atom stereocenters. The second-order valence-corrected chi connectivity index (χ2v) is 9.99. The molecular weight excluding hydrogens is 527 g/mol. The van der Waals surface area contributed by atoms with Crippen LogP contribution in [0, 0.1) is 5.92 Å². The summed E-state index contributed by atoms with van der Waals surface area (Å²) in [6, 6.07) is 21.8. The van der Waals surface area contributed by atoms with Crippen molar-refractivity contribution in [3.8, 4) is 5.69 Å². The maximum atomic E-state index is 13.6. The van der Waals surface area contributed by atoms with E-state index < -0.39 is 17.8 Å². The minimum absolute atomic E-state index is 0.191. The molecule has 10 heteroatoms. The number of nitrogens with zero attached hydrogens (tertiary/aromatic N) is 2. The highest BCUT2D eigenvalue weighted by Gasteiger charge is 2.36. The van der Waals surface area contributed by atoms with Crippen LogP contribution in [0.5, 0.6) is 0 Å². The summed E-state index contributed by atoms with van der Waals surface area (Å²) >= 11 is 6.52. The SMILES string of the molecule is NCc1cccc(-n2nc(C(F)(F)F)cc2C(=O)Nc2cccc(C(NCC3CC3)c3ccccc3Cl)c2)c1. The quantitative estimate of drug-likeness (QED) is 0.226. The fourth-order valence-electron chi connectivity index (χ4n) is 4.41. The van der Waals surface area contributed by atoms with Gasteiger partial charge in [-0.05, 0) is 72.3 Å². The molecule has 39 heavy (non-hydrogen) atoms. The van der Waals surface area contributed by atoms with Gasteiger partial charge in [-0.15, -0.1) is 0 Å². The van der Waals surface area contributed by atoms with Gasteiger partial charge >= 0.3 is 6.18 Å². The molecule has 0 aliphatic heterocycles. The third-order valence-corrected chi connectivity index (χ3v) is 6.97. The fourth-order valence-corrected chi connectivity index (χ4v) is 4.65. The van der Waals surface area contributed by atoms with E-state index in [1.54, 1.807) is 42.5 Å². The van der Waals surface area contributed by atoms with Crippen LogP contribution < -0.4 is 16.4 Å². The zero-order valence-electron chi connectivity index (χ0n) is 20.9. The number of hydrogen-bond acceptors (Lipinski definition) is 4. The lowest BCUT2D eigenvalue weighted by molar-refractivity contribution is -0.141. The minimum atomic E-state index is -4.72. The first-order valence-corrected chi connectivity index (χ1v) is 13.0. The lowest BCUT2D eigenvalue weighted by atomic mass is 9.97. The van der Waals surface area contributed by atoms with Gasteiger partial charge in [-0.2, -0.15) is 18.3 Å². The highest BCUT2D eigenvalue weighted by atomic mass is 35.5. The van der Waals surface area contributed by atoms with Crippen LogP contribution in [0.4, 0.5) is 18.9 Å². The molecule has 202 valence electrons. The topological polar surface area (TPSA) is 85.0 Å². The number of anilines is 1. The summed E-state index contributed by atoms with van der Waals surface area (Å²) < 4.78 is 41.7. The number of alkyl halides is 3. The summed E-state index contributed by atoms with van der Waals surface area (Å²) in [4.78, 5) is 13.3. The van der Waals surface area contributed by atoms with E-state index in [0.29, 0.717) is 27.9 Å². The predicted molar refractivity (Wildman–Crippen MR) is 145 cm³/mol. The third kappa shape index (κ3) is 6.33. The molecule has 1 amide bonds. The van der Waals surface area contributed by atoms with Gasteiger partial charge in [0.1, 0.15) is 5.69 Å². The molecule has 4 aromatic rings. The first-order valence-electron chi connectivity index (χ1n) is 12.6. The van der Waals surface area contributed by atoms with Crippen molar-refractivity contribution < 1.29 is 18.0 Å². The van der Waals surface area contributed by atoms with Crippen LogP contribution in [0.3, 0.4) is 0 Å². The molecule has 5 rings (SSSR count). The van der Waals surface area contributed by atoms with E-state index in [2.05, 4.69) is 15.7 Å². The van der Waals surface area contributed by atoms with Crippen molar-refractivity contribution in [1.82, 2.24) is 15.1 Å². The van der Waals surface area contributed by atoms with Crippen LogP contribution in [0.2, 0.25) is 5.02 Å². The highest BCUT2D eigenvalue weighted by molar-refractivity contribution is 6.31. The van der Waals surface area contributed by atoms with Crippen LogP contribution >= 0.6 is 11.6 Å². The third-order valence-electron chi connectivity index (χ3n) is 6.62. The number of carbonyl (C=O) groups excluding carboxylic acids is 1. The Bertz CT molecular complexity index is 1480. The number of amides is 1. The Labute approximate surface area is 229 Å². The van der Waals surface area contributed by atoms with E-state index in [1.807, 2.05) is 30.3 Å². The molecule has 0 bridgehead atoms. The Morgan fingerprint density at radius 1 is 1.05 bits per heavy atom. The Kier molecular flexibility index (Phi) is 7.74. The van der Waals surface area contributed by atoms with Gasteiger partial charge in [0.2, 0.25) is 0 Å². The Hall–Kier alpha value is -3.66. The molecule has 1 atom stereocenters. The van der Waals surface area contributed by atoms with E-state index in [-0.39, 0.29) is 18.3 Å². The van der Waals surface area contributed by atoms with E-state index in [4.69, 9.17) is 17.3 Å². The van der Waals surface area contributed by atoms with Gasteiger partial charge in [0.25, 0.3) is 5.91 Å². The molecule has 4 N–H and O–H groups in total. The summed E-state index contributed by atoms with van der Waals surface area (Å²) in [5.41, 5.74) is 7.47. The van der Waals surface area contributed by atoms with Crippen molar-refractivity contribution in [2.45, 2.75) is 31.6 Å². The molecule has 1 saturated carbocycles. The highest BCUT2D eigenvalue weighted by Crippen LogP contribution is 2.33. The zero-order valence-corrected chi connectivity index (χ0v) is 21.6. The van der Waals surface area contributed by atoms with Crippen molar-refractivity contribution >= 4 is 23.2 Å². The van der Waals surface area contributed by atoms with Crippen LogP contribution in [0.25, 0.3) is 5.69 Å². The van der Waals surface area contributed by atoms with Crippen LogP contribution in [-0.2, 0) is 12.7 Å². The Morgan fingerprint density at radius 3 is 2.54 bits per heavy atom. The maximum absolute atomic E-state index is 13.6. The summed E-state index contributed by atoms with van der Waals surface area (Å²) in [6.07, 6.45) is -2.36. The molecule has 1 fully saturated rings. The minimum Gasteiger partial charge on any atom is -0.326 e. The fraction of sp³-hybridized carbons (Fsp3) is 0.241. The molecule has 1 aromatic heterocycles. The average molecular weight is 554 g/mol. The molecular formula is C29H27ClF3N5O. The zero-order chi connectivity index (χ0) is 27.6. The lowest BCUT2D eigenvalue weighted by Crippen LogP contribution is -2.25. The van der Waals surface area contributed by atoms with Gasteiger partial charge < -0.3 is 16.4 Å². The summed E-state index contributed by atoms with van der Waals surface area (Å²) in [5.74, 6) is -0.104. The number of halogens is 4. The second kappa shape index (κ2) is 11.2. The number of nitrogens with two attached hydrogens (primary N) is 1. The van der Waals surface area contributed by atoms with E-state index >= 15 is 0 Å². The smallest absolute Gasteiger partial charge is 0.326 e. The van der Waals surface area contributed by atoms with Gasteiger partial charge in [0.15, 0.2) is 5.69 Å². The summed E-state index contributed by atoms with van der Waals surface area (Å²) in [5, 5.41) is 10.6. The van der Waals surface area contributed by atoms with E-state index in [1.165, 1.54) is 12.8 Å². The Balaban J connectivity index is 1.46. The average Bonchev–Trinajstić information content (AvgIpc) is 3.63. The first kappa shape index (κ1) is 26.9. The van der Waals surface area contributed by atoms with Crippen LogP contribution in [0.1, 0.15) is 51.8 Å². The number of nitrogens with one attached hydrogen (secondary N) is 2. The number of aromatic nitrogens is 2. The molecule has 6 nitrogen and oxygen atoms in total. The number of rotatable bonds is 9. The van der Waals surface area contributed by atoms with Gasteiger partial charge in [-0.1, -0.05) is 54.1 Å². The molecule has 1 heterocycles. The molecule has 0 saturated heterocycles. The predicted octanol–water partition coefficient (Wildman–Crippen LogP) is 6.34. The van der Waals surface area contributed by atoms with Gasteiger partial charge in [0, 0.05) is 23.3 Å². The van der Waals surface area contributed by atoms with Gasteiger partial charge in [-0.25, -0.2) is 4.68 Å². The van der Waals surface area contributed by atoms with E-state index in [0.717, 1.165) is 28.4 Å². The van der Waals surface area contributed by atoms with Gasteiger partial charge in [0.05, 0.1) is 11.7 Å². The number of carbonyl (C=O) groups is 1. The molecule has 0 radical (unpaired) electrons.